The summed E-state index contributed by atoms with van der Waals surface area (Å²) in [7, 11) is 1.58. The Labute approximate surface area is 136 Å². The van der Waals surface area contributed by atoms with E-state index in [-0.39, 0.29) is 18.4 Å². The summed E-state index contributed by atoms with van der Waals surface area (Å²) in [6.07, 6.45) is 0. The van der Waals surface area contributed by atoms with Crippen molar-refractivity contribution in [2.24, 2.45) is 0 Å². The van der Waals surface area contributed by atoms with Gasteiger partial charge in [-0.3, -0.25) is 9.59 Å². The molecule has 0 aromatic heterocycles. The van der Waals surface area contributed by atoms with Crippen LogP contribution < -0.4 is 16.0 Å². The summed E-state index contributed by atoms with van der Waals surface area (Å²) in [6.45, 7) is 4.19. The summed E-state index contributed by atoms with van der Waals surface area (Å²) in [4.78, 5) is 23.5. The van der Waals surface area contributed by atoms with Gasteiger partial charge in [-0.15, -0.1) is 0 Å². The van der Waals surface area contributed by atoms with Gasteiger partial charge >= 0.3 is 0 Å². The Bertz CT molecular complexity index is 688. The summed E-state index contributed by atoms with van der Waals surface area (Å²) < 4.78 is 0. The minimum Gasteiger partial charge on any atom is -0.376 e. The highest BCUT2D eigenvalue weighted by atomic mass is 16.2. The normalized spacial score (nSPS) is 10.0. The van der Waals surface area contributed by atoms with Crippen molar-refractivity contribution >= 4 is 23.2 Å². The first-order valence-corrected chi connectivity index (χ1v) is 7.43. The van der Waals surface area contributed by atoms with E-state index < -0.39 is 0 Å². The van der Waals surface area contributed by atoms with Crippen molar-refractivity contribution in [3.63, 3.8) is 0 Å². The van der Waals surface area contributed by atoms with Crippen LogP contribution in [-0.2, 0) is 4.79 Å². The van der Waals surface area contributed by atoms with Gasteiger partial charge in [-0.2, -0.15) is 0 Å². The molecule has 0 heterocycles. The van der Waals surface area contributed by atoms with Crippen LogP contribution in [0.25, 0.3) is 0 Å². The second-order valence-corrected chi connectivity index (χ2v) is 5.33. The van der Waals surface area contributed by atoms with E-state index in [9.17, 15) is 9.59 Å². The van der Waals surface area contributed by atoms with Crippen molar-refractivity contribution in [2.75, 3.05) is 24.2 Å². The molecule has 2 aromatic rings. The molecule has 0 atom stereocenters. The molecule has 0 radical (unpaired) electrons. The lowest BCUT2D eigenvalue weighted by atomic mass is 10.1. The molecule has 5 heteroatoms. The molecule has 0 saturated heterocycles. The number of hydrogen-bond donors (Lipinski definition) is 3. The van der Waals surface area contributed by atoms with E-state index >= 15 is 0 Å². The number of nitrogens with one attached hydrogen (secondary N) is 3. The Morgan fingerprint density at radius 1 is 0.957 bits per heavy atom. The van der Waals surface area contributed by atoms with Crippen LogP contribution in [0, 0.1) is 13.8 Å². The minimum absolute atomic E-state index is 0.139. The van der Waals surface area contributed by atoms with Crippen molar-refractivity contribution < 1.29 is 9.59 Å². The highest BCUT2D eigenvalue weighted by molar-refractivity contribution is 5.96. The maximum Gasteiger partial charge on any atom is 0.251 e. The zero-order valence-electron chi connectivity index (χ0n) is 13.6. The van der Waals surface area contributed by atoms with Gasteiger partial charge in [0, 0.05) is 24.0 Å². The van der Waals surface area contributed by atoms with Gasteiger partial charge in [0.1, 0.15) is 0 Å². The highest BCUT2D eigenvalue weighted by Crippen LogP contribution is 2.19. The molecule has 120 valence electrons. The molecule has 0 bridgehead atoms. The van der Waals surface area contributed by atoms with E-state index in [2.05, 4.69) is 16.0 Å². The zero-order valence-corrected chi connectivity index (χ0v) is 13.6. The third-order valence-electron chi connectivity index (χ3n) is 3.56. The van der Waals surface area contributed by atoms with Gasteiger partial charge in [0.05, 0.1) is 6.54 Å². The standard InChI is InChI=1S/C18H21N3O2/c1-12-5-4-6-13(2)17(12)20-11-16(22)21-15-9-7-14(8-10-15)18(23)19-3/h4-10,20H,11H2,1-3H3,(H,19,23)(H,21,22). The second-order valence-electron chi connectivity index (χ2n) is 5.33. The third-order valence-corrected chi connectivity index (χ3v) is 3.56. The molecular formula is C18H21N3O2. The summed E-state index contributed by atoms with van der Waals surface area (Å²) in [6, 6.07) is 12.8. The smallest absolute Gasteiger partial charge is 0.251 e. The van der Waals surface area contributed by atoms with Crippen LogP contribution in [0.4, 0.5) is 11.4 Å². The van der Waals surface area contributed by atoms with Crippen molar-refractivity contribution in [1.29, 1.82) is 0 Å². The fourth-order valence-corrected chi connectivity index (χ4v) is 2.32. The van der Waals surface area contributed by atoms with E-state index in [1.54, 1.807) is 31.3 Å². The molecule has 0 unspecified atom stereocenters. The van der Waals surface area contributed by atoms with Crippen LogP contribution in [0.3, 0.4) is 0 Å². The van der Waals surface area contributed by atoms with Crippen molar-refractivity contribution in [3.8, 4) is 0 Å². The van der Waals surface area contributed by atoms with E-state index in [1.165, 1.54) is 0 Å². The number of hydrogen-bond acceptors (Lipinski definition) is 3. The second kappa shape index (κ2) is 7.45. The molecule has 0 aliphatic carbocycles. The summed E-state index contributed by atoms with van der Waals surface area (Å²) in [5.41, 5.74) is 4.41. The monoisotopic (exact) mass is 311 g/mol. The SMILES string of the molecule is CNC(=O)c1ccc(NC(=O)CNc2c(C)cccc2C)cc1. The first-order chi connectivity index (χ1) is 11.0. The van der Waals surface area contributed by atoms with Gasteiger partial charge in [0.2, 0.25) is 5.91 Å². The molecule has 2 aromatic carbocycles. The molecular weight excluding hydrogens is 290 g/mol. The topological polar surface area (TPSA) is 70.2 Å². The number of amides is 2. The van der Waals surface area contributed by atoms with Crippen LogP contribution in [0.5, 0.6) is 0 Å². The molecule has 2 rings (SSSR count). The first-order valence-electron chi connectivity index (χ1n) is 7.43. The number of carbonyl (C=O) groups excluding carboxylic acids is 2. The summed E-state index contributed by atoms with van der Waals surface area (Å²) in [5, 5.41) is 8.52. The van der Waals surface area contributed by atoms with E-state index in [0.29, 0.717) is 11.3 Å². The molecule has 2 amide bonds. The van der Waals surface area contributed by atoms with Gasteiger partial charge in [-0.05, 0) is 49.2 Å². The lowest BCUT2D eigenvalue weighted by Crippen LogP contribution is -2.22. The Morgan fingerprint density at radius 3 is 2.13 bits per heavy atom. The van der Waals surface area contributed by atoms with Gasteiger partial charge in [-0.25, -0.2) is 0 Å². The minimum atomic E-state index is -0.153. The average molecular weight is 311 g/mol. The fraction of sp³-hybridized carbons (Fsp3) is 0.222. The quantitative estimate of drug-likeness (QED) is 0.795. The molecule has 0 aliphatic rings. The van der Waals surface area contributed by atoms with Crippen LogP contribution in [0.15, 0.2) is 42.5 Å². The third kappa shape index (κ3) is 4.32. The van der Waals surface area contributed by atoms with E-state index in [0.717, 1.165) is 16.8 Å². The Morgan fingerprint density at radius 2 is 1.57 bits per heavy atom. The Hall–Kier alpha value is -2.82. The van der Waals surface area contributed by atoms with E-state index in [1.807, 2.05) is 32.0 Å². The van der Waals surface area contributed by atoms with Crippen molar-refractivity contribution in [3.05, 3.63) is 59.2 Å². The van der Waals surface area contributed by atoms with Crippen LogP contribution in [-0.4, -0.2) is 25.4 Å². The predicted molar refractivity (Wildman–Crippen MR) is 92.9 cm³/mol. The molecule has 3 N–H and O–H groups in total. The zero-order chi connectivity index (χ0) is 16.8. The maximum atomic E-state index is 12.0. The lowest BCUT2D eigenvalue weighted by molar-refractivity contribution is -0.114. The van der Waals surface area contributed by atoms with Crippen LogP contribution in [0.1, 0.15) is 21.5 Å². The van der Waals surface area contributed by atoms with Crippen molar-refractivity contribution in [2.45, 2.75) is 13.8 Å². The molecule has 0 spiro atoms. The molecule has 5 nitrogen and oxygen atoms in total. The number of carbonyl (C=O) groups is 2. The summed E-state index contributed by atoms with van der Waals surface area (Å²) >= 11 is 0. The molecule has 0 saturated carbocycles. The molecule has 0 aliphatic heterocycles. The average Bonchev–Trinajstić information content (AvgIpc) is 2.54. The van der Waals surface area contributed by atoms with Crippen LogP contribution >= 0.6 is 0 Å². The number of para-hydroxylation sites is 1. The predicted octanol–water partition coefficient (Wildman–Crippen LogP) is 2.71. The fourth-order valence-electron chi connectivity index (χ4n) is 2.32. The van der Waals surface area contributed by atoms with Gasteiger partial charge in [-0.1, -0.05) is 18.2 Å². The molecule has 23 heavy (non-hydrogen) atoms. The number of aryl methyl sites for hydroxylation is 2. The van der Waals surface area contributed by atoms with E-state index in [4.69, 9.17) is 0 Å². The van der Waals surface area contributed by atoms with Gasteiger partial charge in [0.25, 0.3) is 5.91 Å². The van der Waals surface area contributed by atoms with Crippen LogP contribution in [0.2, 0.25) is 0 Å². The Balaban J connectivity index is 1.93. The van der Waals surface area contributed by atoms with Crippen molar-refractivity contribution in [1.82, 2.24) is 5.32 Å². The molecule has 0 fully saturated rings. The number of benzene rings is 2. The summed E-state index contributed by atoms with van der Waals surface area (Å²) in [5.74, 6) is -0.292. The Kier molecular flexibility index (Phi) is 5.36. The highest BCUT2D eigenvalue weighted by Gasteiger charge is 2.07. The van der Waals surface area contributed by atoms with Gasteiger partial charge < -0.3 is 16.0 Å². The number of rotatable bonds is 5. The number of anilines is 2. The first kappa shape index (κ1) is 16.5. The van der Waals surface area contributed by atoms with Gasteiger partial charge in [0.15, 0.2) is 0 Å². The lowest BCUT2D eigenvalue weighted by Gasteiger charge is -2.12. The maximum absolute atomic E-state index is 12.0. The largest absolute Gasteiger partial charge is 0.376 e.